The van der Waals surface area contributed by atoms with Gasteiger partial charge in [0.05, 0.1) is 24.9 Å². The first-order valence-corrected chi connectivity index (χ1v) is 6.94. The van der Waals surface area contributed by atoms with Crippen LogP contribution in [0.25, 0.3) is 0 Å². The first-order valence-electron chi connectivity index (χ1n) is 6.94. The van der Waals surface area contributed by atoms with E-state index in [1.807, 2.05) is 37.3 Å². The molecule has 0 aliphatic carbocycles. The summed E-state index contributed by atoms with van der Waals surface area (Å²) in [5.74, 6) is -0.850. The van der Waals surface area contributed by atoms with E-state index in [9.17, 15) is 9.59 Å². The van der Waals surface area contributed by atoms with Crippen molar-refractivity contribution in [1.29, 1.82) is 0 Å². The Balaban J connectivity index is 1.88. The second-order valence-electron chi connectivity index (χ2n) is 5.11. The van der Waals surface area contributed by atoms with Crippen LogP contribution in [0.5, 0.6) is 0 Å². The van der Waals surface area contributed by atoms with Gasteiger partial charge in [0, 0.05) is 0 Å². The number of carbonyl (C=O) groups is 2. The number of fused-ring (bicyclic) bond motifs is 1. The molecule has 0 unspecified atom stereocenters. The van der Waals surface area contributed by atoms with E-state index in [2.05, 4.69) is 20.1 Å². The molecule has 3 rings (SSSR count). The van der Waals surface area contributed by atoms with E-state index in [1.165, 1.54) is 7.11 Å². The van der Waals surface area contributed by atoms with Gasteiger partial charge in [-0.1, -0.05) is 18.2 Å². The van der Waals surface area contributed by atoms with Crippen molar-refractivity contribution in [3.63, 3.8) is 0 Å². The van der Waals surface area contributed by atoms with Crippen LogP contribution in [0.4, 0.5) is 5.69 Å². The summed E-state index contributed by atoms with van der Waals surface area (Å²) in [6, 6.07) is 9.27. The highest BCUT2D eigenvalue weighted by Gasteiger charge is 2.41. The Labute approximate surface area is 127 Å². The van der Waals surface area contributed by atoms with Gasteiger partial charge in [0.2, 0.25) is 0 Å². The van der Waals surface area contributed by atoms with Crippen molar-refractivity contribution in [1.82, 2.24) is 5.32 Å². The number of rotatable bonds is 3. The number of hydrogen-bond donors (Lipinski definition) is 1. The number of esters is 1. The van der Waals surface area contributed by atoms with Crippen LogP contribution >= 0.6 is 0 Å². The molecule has 0 saturated heterocycles. The van der Waals surface area contributed by atoms with Gasteiger partial charge in [-0.05, 0) is 19.1 Å². The Morgan fingerprint density at radius 2 is 2.09 bits per heavy atom. The molecule has 2 aliphatic rings. The summed E-state index contributed by atoms with van der Waals surface area (Å²) in [4.78, 5) is 27.9. The van der Waals surface area contributed by atoms with Crippen molar-refractivity contribution >= 4 is 29.0 Å². The molecule has 114 valence electrons. The van der Waals surface area contributed by atoms with E-state index in [0.717, 1.165) is 11.4 Å². The lowest BCUT2D eigenvalue weighted by Crippen LogP contribution is -2.56. The second kappa shape index (κ2) is 5.59. The van der Waals surface area contributed by atoms with Gasteiger partial charge in [0.1, 0.15) is 11.8 Å². The van der Waals surface area contributed by atoms with Gasteiger partial charge >= 0.3 is 5.97 Å². The Morgan fingerprint density at radius 3 is 2.77 bits per heavy atom. The first kappa shape index (κ1) is 14.2. The van der Waals surface area contributed by atoms with Crippen molar-refractivity contribution in [2.24, 2.45) is 10.1 Å². The number of nitrogens with zero attached hydrogens (tertiary/aromatic N) is 3. The maximum atomic E-state index is 12.1. The minimum atomic E-state index is -0.486. The van der Waals surface area contributed by atoms with Crippen LogP contribution in [0, 0.1) is 0 Å². The normalized spacial score (nSPS) is 23.4. The number of benzene rings is 1. The molecule has 1 N–H and O–H groups in total. The molecular weight excluding hydrogens is 284 g/mol. The van der Waals surface area contributed by atoms with Crippen molar-refractivity contribution in [3.05, 3.63) is 30.3 Å². The number of amides is 1. The van der Waals surface area contributed by atoms with Gasteiger partial charge in [-0.25, -0.2) is 5.01 Å². The summed E-state index contributed by atoms with van der Waals surface area (Å²) < 4.78 is 4.59. The lowest BCUT2D eigenvalue weighted by molar-refractivity contribution is -0.139. The molecule has 2 heterocycles. The van der Waals surface area contributed by atoms with E-state index < -0.39 is 5.97 Å². The third kappa shape index (κ3) is 2.45. The maximum Gasteiger partial charge on any atom is 0.311 e. The molecule has 7 nitrogen and oxygen atoms in total. The fraction of sp³-hybridized carbons (Fsp3) is 0.333. The Morgan fingerprint density at radius 1 is 1.36 bits per heavy atom. The first-order chi connectivity index (χ1) is 10.6. The molecular formula is C15H16N4O3. The Kier molecular flexibility index (Phi) is 3.62. The number of anilines is 1. The number of nitrogens with one attached hydrogen (secondary N) is 1. The average molecular weight is 300 g/mol. The molecule has 0 saturated carbocycles. The van der Waals surface area contributed by atoms with E-state index in [0.29, 0.717) is 0 Å². The molecule has 2 aliphatic heterocycles. The van der Waals surface area contributed by atoms with Gasteiger partial charge in [-0.15, -0.1) is 0 Å². The van der Waals surface area contributed by atoms with Crippen molar-refractivity contribution in [2.75, 3.05) is 12.1 Å². The van der Waals surface area contributed by atoms with Gasteiger partial charge in [-0.2, -0.15) is 5.10 Å². The lowest BCUT2D eigenvalue weighted by Gasteiger charge is -2.30. The van der Waals surface area contributed by atoms with Crippen LogP contribution in [0.2, 0.25) is 0 Å². The number of carbonyl (C=O) groups excluding carboxylic acids is 2. The van der Waals surface area contributed by atoms with Gasteiger partial charge in [0.15, 0.2) is 6.17 Å². The van der Waals surface area contributed by atoms with Gasteiger partial charge < -0.3 is 10.1 Å². The van der Waals surface area contributed by atoms with Crippen LogP contribution in [-0.2, 0) is 14.3 Å². The van der Waals surface area contributed by atoms with Gasteiger partial charge in [-0.3, -0.25) is 14.6 Å². The van der Waals surface area contributed by atoms with Crippen LogP contribution in [0.15, 0.2) is 40.4 Å². The number of methoxy groups -OCH3 is 1. The van der Waals surface area contributed by atoms with Crippen LogP contribution in [-0.4, -0.2) is 42.6 Å². The summed E-state index contributed by atoms with van der Waals surface area (Å²) >= 11 is 0. The molecule has 0 fully saturated rings. The fourth-order valence-electron chi connectivity index (χ4n) is 2.54. The summed E-state index contributed by atoms with van der Waals surface area (Å²) in [7, 11) is 1.28. The standard InChI is InChI=1S/C15H16N4O3/c1-9-13-14(19(18-9)10-6-4-3-5-7-10)17-15(21)11(16-13)8-12(20)22-2/h3-7,13-14H,8H2,1-2H3,(H,17,21)/t13-,14-/m0/s1. The SMILES string of the molecule is COC(=O)CC1=N[C@H]2C(C)=NN(c3ccccc3)[C@@H]2NC1=O. The molecule has 7 heteroatoms. The van der Waals surface area contributed by atoms with Crippen molar-refractivity contribution in [3.8, 4) is 0 Å². The predicted molar refractivity (Wildman–Crippen MR) is 81.8 cm³/mol. The van der Waals surface area contributed by atoms with E-state index in [1.54, 1.807) is 5.01 Å². The minimum Gasteiger partial charge on any atom is -0.469 e. The van der Waals surface area contributed by atoms with Crippen LogP contribution in [0.3, 0.4) is 0 Å². The molecule has 2 atom stereocenters. The van der Waals surface area contributed by atoms with E-state index in [4.69, 9.17) is 0 Å². The number of aliphatic imine (C=N–C) groups is 1. The van der Waals surface area contributed by atoms with E-state index in [-0.39, 0.29) is 30.2 Å². The summed E-state index contributed by atoms with van der Waals surface area (Å²) in [6.07, 6.45) is -0.499. The van der Waals surface area contributed by atoms with E-state index >= 15 is 0 Å². The highest BCUT2D eigenvalue weighted by Crippen LogP contribution is 2.26. The minimum absolute atomic E-state index is 0.135. The fourth-order valence-corrected chi connectivity index (χ4v) is 2.54. The smallest absolute Gasteiger partial charge is 0.311 e. The quantitative estimate of drug-likeness (QED) is 0.833. The lowest BCUT2D eigenvalue weighted by atomic mass is 10.1. The third-order valence-electron chi connectivity index (χ3n) is 3.65. The number of para-hydroxylation sites is 1. The predicted octanol–water partition coefficient (Wildman–Crippen LogP) is 0.711. The van der Waals surface area contributed by atoms with Crippen LogP contribution in [0.1, 0.15) is 13.3 Å². The highest BCUT2D eigenvalue weighted by atomic mass is 16.5. The Hall–Kier alpha value is -2.70. The van der Waals surface area contributed by atoms with Gasteiger partial charge in [0.25, 0.3) is 5.91 Å². The zero-order chi connectivity index (χ0) is 15.7. The molecule has 0 bridgehead atoms. The molecule has 1 aromatic rings. The monoisotopic (exact) mass is 300 g/mol. The Bertz CT molecular complexity index is 669. The number of hydrazone groups is 1. The topological polar surface area (TPSA) is 83.4 Å². The number of hydrogen-bond acceptors (Lipinski definition) is 6. The largest absolute Gasteiger partial charge is 0.469 e. The number of ether oxygens (including phenoxy) is 1. The zero-order valence-corrected chi connectivity index (χ0v) is 12.3. The molecule has 0 aromatic heterocycles. The summed E-state index contributed by atoms with van der Waals surface area (Å²) in [5.41, 5.74) is 1.84. The maximum absolute atomic E-state index is 12.1. The van der Waals surface area contributed by atoms with Crippen LogP contribution < -0.4 is 10.3 Å². The van der Waals surface area contributed by atoms with Crippen molar-refractivity contribution < 1.29 is 14.3 Å². The molecule has 22 heavy (non-hydrogen) atoms. The molecule has 0 radical (unpaired) electrons. The third-order valence-corrected chi connectivity index (χ3v) is 3.65. The molecule has 1 amide bonds. The second-order valence-corrected chi connectivity index (χ2v) is 5.11. The van der Waals surface area contributed by atoms with Crippen molar-refractivity contribution in [2.45, 2.75) is 25.6 Å². The highest BCUT2D eigenvalue weighted by molar-refractivity contribution is 6.42. The zero-order valence-electron chi connectivity index (χ0n) is 12.3. The average Bonchev–Trinajstić information content (AvgIpc) is 2.85. The summed E-state index contributed by atoms with van der Waals surface area (Å²) in [6.45, 7) is 1.86. The molecule has 1 aromatic carbocycles. The summed E-state index contributed by atoms with van der Waals surface area (Å²) in [5, 5.41) is 9.10. The molecule has 0 spiro atoms.